The molecule has 0 saturated carbocycles. The van der Waals surface area contributed by atoms with E-state index in [9.17, 15) is 0 Å². The first-order valence-corrected chi connectivity index (χ1v) is 5.50. The molecule has 1 unspecified atom stereocenters. The molecular weight excluding hydrogens is 202 g/mol. The lowest BCUT2D eigenvalue weighted by molar-refractivity contribution is 0.373. The maximum absolute atomic E-state index is 5.82. The summed E-state index contributed by atoms with van der Waals surface area (Å²) in [4.78, 5) is 4.27. The van der Waals surface area contributed by atoms with E-state index in [1.165, 1.54) is 0 Å². The number of aromatic nitrogens is 1. The number of hydrogen-bond acceptors (Lipinski definition) is 4. The van der Waals surface area contributed by atoms with Gasteiger partial charge in [-0.2, -0.15) is 0 Å². The van der Waals surface area contributed by atoms with Gasteiger partial charge >= 0.3 is 0 Å². The summed E-state index contributed by atoms with van der Waals surface area (Å²) in [5.41, 5.74) is 5.64. The van der Waals surface area contributed by atoms with Gasteiger partial charge in [0.15, 0.2) is 11.6 Å². The number of nitrogens with one attached hydrogen (secondary N) is 1. The van der Waals surface area contributed by atoms with E-state index in [1.54, 1.807) is 13.3 Å². The van der Waals surface area contributed by atoms with Gasteiger partial charge in [-0.1, -0.05) is 13.8 Å². The van der Waals surface area contributed by atoms with Gasteiger partial charge in [-0.05, 0) is 25.0 Å². The number of rotatable bonds is 5. The number of pyridine rings is 1. The van der Waals surface area contributed by atoms with Gasteiger partial charge in [0.05, 0.1) is 12.6 Å². The summed E-state index contributed by atoms with van der Waals surface area (Å²) in [5, 5.41) is 3.36. The summed E-state index contributed by atoms with van der Waals surface area (Å²) >= 11 is 0. The molecule has 0 spiro atoms. The zero-order valence-corrected chi connectivity index (χ0v) is 10.4. The Hall–Kier alpha value is -1.29. The Morgan fingerprint density at radius 1 is 1.56 bits per heavy atom. The molecule has 4 heteroatoms. The third kappa shape index (κ3) is 2.64. The molecule has 0 aliphatic carbocycles. The molecule has 1 rings (SSSR count). The summed E-state index contributed by atoms with van der Waals surface area (Å²) < 4.78 is 5.25. The van der Waals surface area contributed by atoms with E-state index in [0.717, 1.165) is 11.6 Å². The standard InChI is InChI=1S/C12H21N3O/c1-9(2)12(3,8-13)15-11-10(16-4)6-5-7-14-11/h5-7,9H,8,13H2,1-4H3,(H,14,15). The summed E-state index contributed by atoms with van der Waals surface area (Å²) in [5.74, 6) is 1.89. The number of ether oxygens (including phenoxy) is 1. The molecule has 16 heavy (non-hydrogen) atoms. The average molecular weight is 223 g/mol. The highest BCUT2D eigenvalue weighted by molar-refractivity contribution is 5.51. The van der Waals surface area contributed by atoms with Crippen molar-refractivity contribution in [1.82, 2.24) is 4.98 Å². The van der Waals surface area contributed by atoms with Crippen LogP contribution >= 0.6 is 0 Å². The first-order valence-electron chi connectivity index (χ1n) is 5.50. The van der Waals surface area contributed by atoms with Crippen molar-refractivity contribution in [1.29, 1.82) is 0 Å². The van der Waals surface area contributed by atoms with Gasteiger partial charge in [-0.3, -0.25) is 0 Å². The quantitative estimate of drug-likeness (QED) is 0.800. The van der Waals surface area contributed by atoms with E-state index < -0.39 is 0 Å². The van der Waals surface area contributed by atoms with Crippen molar-refractivity contribution in [2.24, 2.45) is 11.7 Å². The van der Waals surface area contributed by atoms with Crippen LogP contribution in [0, 0.1) is 5.92 Å². The van der Waals surface area contributed by atoms with E-state index in [1.807, 2.05) is 12.1 Å². The van der Waals surface area contributed by atoms with Crippen molar-refractivity contribution in [3.05, 3.63) is 18.3 Å². The fourth-order valence-corrected chi connectivity index (χ4v) is 1.35. The second-order valence-corrected chi connectivity index (χ2v) is 4.46. The molecule has 0 radical (unpaired) electrons. The fourth-order valence-electron chi connectivity index (χ4n) is 1.35. The highest BCUT2D eigenvalue weighted by Crippen LogP contribution is 2.27. The highest BCUT2D eigenvalue weighted by atomic mass is 16.5. The Labute approximate surface area is 97.2 Å². The van der Waals surface area contributed by atoms with E-state index >= 15 is 0 Å². The van der Waals surface area contributed by atoms with Crippen LogP contribution in [-0.2, 0) is 0 Å². The van der Waals surface area contributed by atoms with Crippen LogP contribution in [0.4, 0.5) is 5.82 Å². The van der Waals surface area contributed by atoms with Gasteiger partial charge < -0.3 is 15.8 Å². The summed E-state index contributed by atoms with van der Waals surface area (Å²) in [7, 11) is 1.64. The number of nitrogens with two attached hydrogens (primary N) is 1. The van der Waals surface area contributed by atoms with E-state index in [-0.39, 0.29) is 5.54 Å². The third-order valence-electron chi connectivity index (χ3n) is 3.09. The van der Waals surface area contributed by atoms with Gasteiger partial charge in [0.25, 0.3) is 0 Å². The Morgan fingerprint density at radius 3 is 2.75 bits per heavy atom. The zero-order chi connectivity index (χ0) is 12.2. The molecule has 1 aromatic rings. The number of hydrogen-bond donors (Lipinski definition) is 2. The van der Waals surface area contributed by atoms with Crippen molar-refractivity contribution in [3.8, 4) is 5.75 Å². The minimum absolute atomic E-state index is 0.179. The summed E-state index contributed by atoms with van der Waals surface area (Å²) in [6, 6.07) is 3.73. The van der Waals surface area contributed by atoms with E-state index in [0.29, 0.717) is 12.5 Å². The topological polar surface area (TPSA) is 60.2 Å². The lowest BCUT2D eigenvalue weighted by Gasteiger charge is -2.34. The van der Waals surface area contributed by atoms with Gasteiger partial charge in [-0.15, -0.1) is 0 Å². The molecule has 1 heterocycles. The second kappa shape index (κ2) is 5.16. The lowest BCUT2D eigenvalue weighted by Crippen LogP contribution is -2.47. The Kier molecular flexibility index (Phi) is 4.12. The second-order valence-electron chi connectivity index (χ2n) is 4.46. The van der Waals surface area contributed by atoms with Gasteiger partial charge in [0.1, 0.15) is 0 Å². The minimum Gasteiger partial charge on any atom is -0.493 e. The van der Waals surface area contributed by atoms with Crippen LogP contribution in [0.5, 0.6) is 5.75 Å². The monoisotopic (exact) mass is 223 g/mol. The molecule has 0 aromatic carbocycles. The Balaban J connectivity index is 2.94. The van der Waals surface area contributed by atoms with Crippen LogP contribution in [0.1, 0.15) is 20.8 Å². The minimum atomic E-state index is -0.179. The molecule has 0 aliphatic heterocycles. The zero-order valence-electron chi connectivity index (χ0n) is 10.4. The molecule has 1 aromatic heterocycles. The van der Waals surface area contributed by atoms with Crippen molar-refractivity contribution in [3.63, 3.8) is 0 Å². The maximum atomic E-state index is 5.82. The largest absolute Gasteiger partial charge is 0.493 e. The SMILES string of the molecule is COc1cccnc1NC(C)(CN)C(C)C. The van der Waals surface area contributed by atoms with Crippen molar-refractivity contribution >= 4 is 5.82 Å². The Morgan fingerprint density at radius 2 is 2.25 bits per heavy atom. The molecular formula is C12H21N3O. The number of nitrogens with zero attached hydrogens (tertiary/aromatic N) is 1. The molecule has 0 fully saturated rings. The van der Waals surface area contributed by atoms with Crippen LogP contribution in [0.3, 0.4) is 0 Å². The fraction of sp³-hybridized carbons (Fsp3) is 0.583. The predicted octanol–water partition coefficient (Wildman–Crippen LogP) is 1.88. The van der Waals surface area contributed by atoms with Gasteiger partial charge in [0.2, 0.25) is 0 Å². The van der Waals surface area contributed by atoms with Crippen LogP contribution < -0.4 is 15.8 Å². The smallest absolute Gasteiger partial charge is 0.169 e. The van der Waals surface area contributed by atoms with Crippen LogP contribution in [0.15, 0.2) is 18.3 Å². The van der Waals surface area contributed by atoms with Crippen molar-refractivity contribution < 1.29 is 4.74 Å². The number of anilines is 1. The molecule has 0 saturated heterocycles. The molecule has 0 amide bonds. The average Bonchev–Trinajstić information content (AvgIpc) is 2.29. The summed E-state index contributed by atoms with van der Waals surface area (Å²) in [6.07, 6.45) is 1.74. The lowest BCUT2D eigenvalue weighted by atomic mass is 9.88. The van der Waals surface area contributed by atoms with Crippen LogP contribution in [0.2, 0.25) is 0 Å². The molecule has 0 bridgehead atoms. The van der Waals surface area contributed by atoms with Gasteiger partial charge in [-0.25, -0.2) is 4.98 Å². The third-order valence-corrected chi connectivity index (χ3v) is 3.09. The summed E-state index contributed by atoms with van der Waals surface area (Å²) in [6.45, 7) is 6.90. The Bertz CT molecular complexity index is 341. The molecule has 0 aliphatic rings. The van der Waals surface area contributed by atoms with Crippen molar-refractivity contribution in [2.45, 2.75) is 26.3 Å². The molecule has 4 nitrogen and oxygen atoms in total. The van der Waals surface area contributed by atoms with Crippen molar-refractivity contribution in [2.75, 3.05) is 19.0 Å². The molecule has 90 valence electrons. The highest BCUT2D eigenvalue weighted by Gasteiger charge is 2.27. The number of methoxy groups -OCH3 is 1. The first-order chi connectivity index (χ1) is 7.53. The maximum Gasteiger partial charge on any atom is 0.169 e. The van der Waals surface area contributed by atoms with Crippen LogP contribution in [0.25, 0.3) is 0 Å². The molecule has 3 N–H and O–H groups in total. The molecule has 1 atom stereocenters. The predicted molar refractivity (Wildman–Crippen MR) is 66.7 cm³/mol. The van der Waals surface area contributed by atoms with Gasteiger partial charge in [0, 0.05) is 12.7 Å². The van der Waals surface area contributed by atoms with E-state index in [2.05, 4.69) is 31.1 Å². The first kappa shape index (κ1) is 12.8. The van der Waals surface area contributed by atoms with E-state index in [4.69, 9.17) is 10.5 Å². The normalized spacial score (nSPS) is 14.6. The van der Waals surface area contributed by atoms with Crippen LogP contribution in [-0.4, -0.2) is 24.2 Å².